The van der Waals surface area contributed by atoms with E-state index in [1.807, 2.05) is 13.0 Å². The van der Waals surface area contributed by atoms with Gasteiger partial charge in [-0.05, 0) is 50.3 Å². The number of amides is 1. The molecule has 0 aromatic heterocycles. The van der Waals surface area contributed by atoms with Gasteiger partial charge in [-0.15, -0.1) is 0 Å². The third-order valence-corrected chi connectivity index (χ3v) is 8.40. The number of rotatable bonds is 4. The Bertz CT molecular complexity index is 839. The molecule has 1 atom stereocenters. The van der Waals surface area contributed by atoms with Crippen LogP contribution in [0.15, 0.2) is 23.1 Å². The summed E-state index contributed by atoms with van der Waals surface area (Å²) in [6.07, 6.45) is 2.35. The van der Waals surface area contributed by atoms with Gasteiger partial charge in [0.15, 0.2) is 14.6 Å². The Balaban J connectivity index is 2.01. The van der Waals surface area contributed by atoms with Crippen molar-refractivity contribution in [1.29, 1.82) is 0 Å². The predicted octanol–water partition coefficient (Wildman–Crippen LogP) is 2.32. The van der Waals surface area contributed by atoms with E-state index in [1.165, 1.54) is 4.90 Å². The van der Waals surface area contributed by atoms with Crippen LogP contribution in [0.25, 0.3) is 0 Å². The lowest BCUT2D eigenvalue weighted by molar-refractivity contribution is -0.141. The van der Waals surface area contributed by atoms with Crippen molar-refractivity contribution in [1.82, 2.24) is 4.90 Å². The van der Waals surface area contributed by atoms with E-state index in [0.717, 1.165) is 5.56 Å². The summed E-state index contributed by atoms with van der Waals surface area (Å²) in [5.74, 6) is -1.96. The summed E-state index contributed by atoms with van der Waals surface area (Å²) in [5, 5.41) is 9.19. The second kappa shape index (κ2) is 6.68. The van der Waals surface area contributed by atoms with Crippen LogP contribution in [0.1, 0.15) is 43.2 Å². The van der Waals surface area contributed by atoms with Crippen LogP contribution in [0.5, 0.6) is 0 Å². The van der Waals surface area contributed by atoms with Crippen LogP contribution in [-0.2, 0) is 19.4 Å². The van der Waals surface area contributed by atoms with Crippen molar-refractivity contribution in [3.8, 4) is 0 Å². The number of nitrogens with zero attached hydrogens (tertiary/aromatic N) is 1. The van der Waals surface area contributed by atoms with E-state index < -0.39 is 32.4 Å². The lowest BCUT2D eigenvalue weighted by Gasteiger charge is -2.32. The fraction of sp³-hybridized carbons (Fsp3) is 0.579. The van der Waals surface area contributed by atoms with E-state index in [0.29, 0.717) is 44.2 Å². The first-order valence-electron chi connectivity index (χ1n) is 9.03. The second-order valence-corrected chi connectivity index (χ2v) is 9.78. The number of carboxylic acids is 1. The van der Waals surface area contributed by atoms with Gasteiger partial charge in [-0.3, -0.25) is 9.59 Å². The second-order valence-electron chi connectivity index (χ2n) is 7.55. The molecular formula is C19H25NO5S. The minimum absolute atomic E-state index is 0.0955. The Morgan fingerprint density at radius 3 is 2.42 bits per heavy atom. The molecule has 142 valence electrons. The molecule has 1 aliphatic heterocycles. The first kappa shape index (κ1) is 18.9. The summed E-state index contributed by atoms with van der Waals surface area (Å²) >= 11 is 0. The number of sulfone groups is 1. The number of carboxylic acid groups (broad SMARTS) is 1. The fourth-order valence-electron chi connectivity index (χ4n) is 4.19. The first-order chi connectivity index (χ1) is 12.2. The molecule has 1 aromatic rings. The fourth-order valence-corrected chi connectivity index (χ4v) is 6.62. The molecule has 1 aliphatic carbocycles. The van der Waals surface area contributed by atoms with E-state index in [-0.39, 0.29) is 11.4 Å². The van der Waals surface area contributed by atoms with Crippen molar-refractivity contribution < 1.29 is 23.1 Å². The number of carbonyl (C=O) groups excluding carboxylic acids is 1. The number of hydrogen-bond donors (Lipinski definition) is 1. The molecule has 2 aliphatic rings. The van der Waals surface area contributed by atoms with Crippen LogP contribution in [0.4, 0.5) is 0 Å². The number of benzene rings is 1. The third-order valence-electron chi connectivity index (χ3n) is 5.77. The maximum atomic E-state index is 13.6. The van der Waals surface area contributed by atoms with E-state index in [1.54, 1.807) is 19.1 Å². The summed E-state index contributed by atoms with van der Waals surface area (Å²) in [7, 11) is -3.87. The lowest BCUT2D eigenvalue weighted by atomic mass is 10.1. The number of aliphatic carboxylic acids is 1. The van der Waals surface area contributed by atoms with Crippen LogP contribution in [0.2, 0.25) is 0 Å². The zero-order valence-electron chi connectivity index (χ0n) is 15.2. The Hall–Kier alpha value is -1.89. The molecule has 1 amide bonds. The van der Waals surface area contributed by atoms with Crippen molar-refractivity contribution >= 4 is 21.7 Å². The van der Waals surface area contributed by atoms with Crippen LogP contribution in [0.3, 0.4) is 0 Å². The Labute approximate surface area is 154 Å². The number of carbonyl (C=O) groups is 2. The highest BCUT2D eigenvalue weighted by Crippen LogP contribution is 2.43. The van der Waals surface area contributed by atoms with Crippen molar-refractivity contribution in [2.24, 2.45) is 5.92 Å². The van der Waals surface area contributed by atoms with Crippen LogP contribution in [-0.4, -0.2) is 48.1 Å². The molecule has 1 saturated heterocycles. The molecular weight excluding hydrogens is 354 g/mol. The van der Waals surface area contributed by atoms with Crippen molar-refractivity contribution in [3.05, 3.63) is 29.3 Å². The van der Waals surface area contributed by atoms with Gasteiger partial charge in [0, 0.05) is 13.1 Å². The molecule has 0 unspecified atom stereocenters. The Kier molecular flexibility index (Phi) is 4.86. The van der Waals surface area contributed by atoms with Gasteiger partial charge in [0.1, 0.15) is 0 Å². The van der Waals surface area contributed by atoms with E-state index in [4.69, 9.17) is 0 Å². The van der Waals surface area contributed by atoms with Crippen molar-refractivity contribution in [2.45, 2.75) is 55.6 Å². The highest BCUT2D eigenvalue weighted by atomic mass is 32.2. The van der Waals surface area contributed by atoms with Crippen LogP contribution in [0, 0.1) is 19.8 Å². The molecule has 1 aromatic carbocycles. The van der Waals surface area contributed by atoms with E-state index in [2.05, 4.69) is 0 Å². The predicted molar refractivity (Wildman–Crippen MR) is 96.6 cm³/mol. The zero-order chi connectivity index (χ0) is 19.1. The van der Waals surface area contributed by atoms with Crippen LogP contribution >= 0.6 is 0 Å². The quantitative estimate of drug-likeness (QED) is 0.867. The van der Waals surface area contributed by atoms with Gasteiger partial charge >= 0.3 is 5.97 Å². The van der Waals surface area contributed by atoms with Crippen molar-refractivity contribution in [3.63, 3.8) is 0 Å². The number of aryl methyl sites for hydroxylation is 2. The van der Waals surface area contributed by atoms with Gasteiger partial charge in [-0.2, -0.15) is 0 Å². The molecule has 7 heteroatoms. The number of likely N-dealkylation sites (tertiary alicyclic amines) is 1. The smallest absolute Gasteiger partial charge is 0.308 e. The Morgan fingerprint density at radius 1 is 1.19 bits per heavy atom. The lowest BCUT2D eigenvalue weighted by Crippen LogP contribution is -2.52. The minimum Gasteiger partial charge on any atom is -0.481 e. The van der Waals surface area contributed by atoms with Crippen LogP contribution < -0.4 is 0 Å². The van der Waals surface area contributed by atoms with E-state index in [9.17, 15) is 23.1 Å². The summed E-state index contributed by atoms with van der Waals surface area (Å²) in [6, 6.07) is 5.27. The standard InChI is InChI=1S/C19H25NO5S/c1-13-5-6-14(2)16(11-13)26(24,25)19(8-3-4-9-19)18(23)20-10-7-15(12-20)17(21)22/h5-6,11,15H,3-4,7-10,12H2,1-2H3,(H,21,22)/t15-/m0/s1. The van der Waals surface area contributed by atoms with Gasteiger partial charge in [0.25, 0.3) is 0 Å². The topological polar surface area (TPSA) is 91.8 Å². The normalized spacial score (nSPS) is 22.5. The Morgan fingerprint density at radius 2 is 1.85 bits per heavy atom. The zero-order valence-corrected chi connectivity index (χ0v) is 16.0. The minimum atomic E-state index is -3.87. The monoisotopic (exact) mass is 379 g/mol. The molecule has 0 radical (unpaired) electrons. The maximum Gasteiger partial charge on any atom is 0.308 e. The van der Waals surface area contributed by atoms with Gasteiger partial charge in [0.05, 0.1) is 10.8 Å². The van der Waals surface area contributed by atoms with E-state index >= 15 is 0 Å². The SMILES string of the molecule is Cc1ccc(C)c(S(=O)(=O)C2(C(=O)N3CC[C@H](C(=O)O)C3)CCCC2)c1. The van der Waals surface area contributed by atoms with Crippen molar-refractivity contribution in [2.75, 3.05) is 13.1 Å². The molecule has 1 N–H and O–H groups in total. The summed E-state index contributed by atoms with van der Waals surface area (Å²) in [6.45, 7) is 3.98. The molecule has 1 saturated carbocycles. The molecule has 26 heavy (non-hydrogen) atoms. The third kappa shape index (κ3) is 2.92. The summed E-state index contributed by atoms with van der Waals surface area (Å²) in [4.78, 5) is 26.2. The molecule has 1 heterocycles. The highest BCUT2D eigenvalue weighted by Gasteiger charge is 2.55. The van der Waals surface area contributed by atoms with Gasteiger partial charge < -0.3 is 10.0 Å². The van der Waals surface area contributed by atoms with Gasteiger partial charge in [-0.1, -0.05) is 25.0 Å². The molecule has 2 fully saturated rings. The maximum absolute atomic E-state index is 13.6. The average Bonchev–Trinajstić information content (AvgIpc) is 3.26. The van der Waals surface area contributed by atoms with Gasteiger partial charge in [0.2, 0.25) is 5.91 Å². The summed E-state index contributed by atoms with van der Waals surface area (Å²) < 4.78 is 25.7. The average molecular weight is 379 g/mol. The molecule has 6 nitrogen and oxygen atoms in total. The highest BCUT2D eigenvalue weighted by molar-refractivity contribution is 7.93. The first-order valence-corrected chi connectivity index (χ1v) is 10.5. The molecule has 3 rings (SSSR count). The van der Waals surface area contributed by atoms with Gasteiger partial charge in [-0.25, -0.2) is 8.42 Å². The number of hydrogen-bond acceptors (Lipinski definition) is 4. The molecule has 0 bridgehead atoms. The molecule has 0 spiro atoms. The summed E-state index contributed by atoms with van der Waals surface area (Å²) in [5.41, 5.74) is 1.47. The largest absolute Gasteiger partial charge is 0.481 e.